The molecule has 0 saturated carbocycles. The molecule has 1 rings (SSSR count). The molecule has 0 aromatic carbocycles. The first-order chi connectivity index (χ1) is 10.1. The Morgan fingerprint density at radius 2 is 1.55 bits per heavy atom. The van der Waals surface area contributed by atoms with E-state index in [4.69, 9.17) is 14.9 Å². The fourth-order valence-electron chi connectivity index (χ4n) is 2.15. The normalized spacial score (nSPS) is 38.1. The highest BCUT2D eigenvalue weighted by Gasteiger charge is 2.49. The quantitative estimate of drug-likeness (QED) is 0.234. The predicted octanol–water partition coefficient (Wildman–Crippen LogP) is -5.14. The Hall–Kier alpha value is -0.690. The fraction of sp³-hybridized carbons (Fsp3) is 0.917. The van der Waals surface area contributed by atoms with E-state index in [-0.39, 0.29) is 0 Å². The van der Waals surface area contributed by atoms with Gasteiger partial charge in [0.05, 0.1) is 12.7 Å². The molecule has 10 nitrogen and oxygen atoms in total. The maximum absolute atomic E-state index is 12.0. The van der Waals surface area contributed by atoms with Gasteiger partial charge in [0, 0.05) is 0 Å². The number of aliphatic hydroxyl groups excluding tert-OH is 8. The van der Waals surface area contributed by atoms with E-state index in [1.807, 2.05) is 0 Å². The van der Waals surface area contributed by atoms with Crippen molar-refractivity contribution in [3.05, 3.63) is 0 Å². The van der Waals surface area contributed by atoms with Crippen molar-refractivity contribution in [3.63, 3.8) is 0 Å². The number of Topliss-reactive ketones (excluding diaryl/α,β-unsaturated/α-hetero) is 1. The number of ketones is 1. The number of carbonyl (C=O) groups is 1. The van der Waals surface area contributed by atoms with Crippen molar-refractivity contribution < 1.29 is 50.4 Å². The van der Waals surface area contributed by atoms with Gasteiger partial charge in [-0.25, -0.2) is 0 Å². The monoisotopic (exact) mass is 326 g/mol. The molecule has 9 atom stereocenters. The molecule has 0 amide bonds. The van der Waals surface area contributed by atoms with Crippen LogP contribution in [-0.2, 0) is 9.53 Å². The summed E-state index contributed by atoms with van der Waals surface area (Å²) in [4.78, 5) is 12.0. The summed E-state index contributed by atoms with van der Waals surface area (Å²) in [7, 11) is 0. The number of rotatable bonds is 6. The SMILES string of the molecule is C[C@H](O)[C@@H](O)[C@@H](O)[C@H](O)C(=O)C1O[C@H](CO)[C@@H](O)[C@H](O)[C@H]1O. The summed E-state index contributed by atoms with van der Waals surface area (Å²) in [6.07, 6.45) is -16.1. The molecule has 1 fully saturated rings. The molecular formula is C12H22O10. The van der Waals surface area contributed by atoms with Gasteiger partial charge in [0.15, 0.2) is 5.78 Å². The standard InChI is InChI=1S/C12H22O10/c1-3(14)5(15)7(17)9(19)11(21)12-10(20)8(18)6(16)4(2-13)22-12/h3-10,12-20H,2H2,1H3/t3-,4+,5+,6+,7+,8-,9-,10+,12?/m0/s1. The Bertz CT molecular complexity index is 373. The molecular weight excluding hydrogens is 304 g/mol. The molecule has 22 heavy (non-hydrogen) atoms. The van der Waals surface area contributed by atoms with Gasteiger partial charge in [0.1, 0.15) is 48.8 Å². The minimum absolute atomic E-state index is 0.760. The summed E-state index contributed by atoms with van der Waals surface area (Å²) < 4.78 is 4.93. The summed E-state index contributed by atoms with van der Waals surface area (Å²) in [6.45, 7) is 0.364. The first kappa shape index (κ1) is 19.4. The molecule has 10 heteroatoms. The van der Waals surface area contributed by atoms with Crippen molar-refractivity contribution in [1.82, 2.24) is 0 Å². The maximum Gasteiger partial charge on any atom is 0.195 e. The largest absolute Gasteiger partial charge is 0.394 e. The highest BCUT2D eigenvalue weighted by Crippen LogP contribution is 2.23. The third kappa shape index (κ3) is 3.79. The van der Waals surface area contributed by atoms with Crippen LogP contribution in [0.1, 0.15) is 6.92 Å². The molecule has 0 aromatic rings. The van der Waals surface area contributed by atoms with E-state index >= 15 is 0 Å². The molecule has 1 heterocycles. The number of carbonyl (C=O) groups excluding carboxylic acids is 1. The number of hydrogen-bond donors (Lipinski definition) is 8. The zero-order chi connectivity index (χ0) is 17.2. The third-order valence-corrected chi connectivity index (χ3v) is 3.63. The highest BCUT2D eigenvalue weighted by molar-refractivity contribution is 5.88. The van der Waals surface area contributed by atoms with Crippen LogP contribution in [0, 0.1) is 0 Å². The van der Waals surface area contributed by atoms with Crippen molar-refractivity contribution in [3.8, 4) is 0 Å². The minimum Gasteiger partial charge on any atom is -0.394 e. The van der Waals surface area contributed by atoms with Crippen molar-refractivity contribution in [2.45, 2.75) is 61.9 Å². The lowest BCUT2D eigenvalue weighted by Gasteiger charge is -2.40. The van der Waals surface area contributed by atoms with E-state index in [0.717, 1.165) is 6.92 Å². The average Bonchev–Trinajstić information content (AvgIpc) is 2.50. The summed E-state index contributed by atoms with van der Waals surface area (Å²) >= 11 is 0. The topological polar surface area (TPSA) is 188 Å². The lowest BCUT2D eigenvalue weighted by atomic mass is 9.89. The van der Waals surface area contributed by atoms with Gasteiger partial charge in [-0.3, -0.25) is 4.79 Å². The number of ether oxygens (including phenoxy) is 1. The first-order valence-corrected chi connectivity index (χ1v) is 6.70. The molecule has 1 aliphatic heterocycles. The Labute approximate surface area is 125 Å². The van der Waals surface area contributed by atoms with E-state index in [0.29, 0.717) is 0 Å². The fourth-order valence-corrected chi connectivity index (χ4v) is 2.15. The molecule has 1 saturated heterocycles. The van der Waals surface area contributed by atoms with Crippen LogP contribution in [0.25, 0.3) is 0 Å². The molecule has 0 aliphatic carbocycles. The molecule has 0 bridgehead atoms. The summed E-state index contributed by atoms with van der Waals surface area (Å²) in [5, 5.41) is 75.7. The molecule has 0 radical (unpaired) electrons. The van der Waals surface area contributed by atoms with Crippen molar-refractivity contribution >= 4 is 5.78 Å². The van der Waals surface area contributed by atoms with E-state index in [9.17, 15) is 35.4 Å². The predicted molar refractivity (Wildman–Crippen MR) is 68.5 cm³/mol. The lowest BCUT2D eigenvalue weighted by Crippen LogP contribution is -2.63. The van der Waals surface area contributed by atoms with Crippen molar-refractivity contribution in [2.75, 3.05) is 6.61 Å². The minimum atomic E-state index is -2.22. The molecule has 1 aliphatic rings. The van der Waals surface area contributed by atoms with Gasteiger partial charge in [-0.2, -0.15) is 0 Å². The van der Waals surface area contributed by atoms with Crippen molar-refractivity contribution in [1.29, 1.82) is 0 Å². The Morgan fingerprint density at radius 1 is 1.00 bits per heavy atom. The summed E-state index contributed by atoms with van der Waals surface area (Å²) in [5.74, 6) is -1.27. The van der Waals surface area contributed by atoms with Crippen LogP contribution in [0.15, 0.2) is 0 Å². The van der Waals surface area contributed by atoms with E-state index in [1.54, 1.807) is 0 Å². The second-order valence-electron chi connectivity index (χ2n) is 5.32. The Balaban J connectivity index is 2.86. The number of aliphatic hydroxyl groups is 8. The lowest BCUT2D eigenvalue weighted by molar-refractivity contribution is -0.231. The highest BCUT2D eigenvalue weighted by atomic mass is 16.5. The van der Waals surface area contributed by atoms with Crippen molar-refractivity contribution in [2.24, 2.45) is 0 Å². The van der Waals surface area contributed by atoms with Crippen LogP contribution in [0.4, 0.5) is 0 Å². The Kier molecular flexibility index (Phi) is 6.80. The van der Waals surface area contributed by atoms with Crippen LogP contribution in [-0.4, -0.2) is 108 Å². The van der Waals surface area contributed by atoms with Crippen LogP contribution >= 0.6 is 0 Å². The molecule has 8 N–H and O–H groups in total. The zero-order valence-corrected chi connectivity index (χ0v) is 11.8. The second-order valence-corrected chi connectivity index (χ2v) is 5.32. The van der Waals surface area contributed by atoms with Crippen LogP contribution in [0.5, 0.6) is 0 Å². The third-order valence-electron chi connectivity index (χ3n) is 3.63. The Morgan fingerprint density at radius 3 is 2.00 bits per heavy atom. The second kappa shape index (κ2) is 7.73. The van der Waals surface area contributed by atoms with Gasteiger partial charge in [-0.1, -0.05) is 0 Å². The van der Waals surface area contributed by atoms with Gasteiger partial charge in [0.25, 0.3) is 0 Å². The zero-order valence-electron chi connectivity index (χ0n) is 11.8. The number of hydrogen-bond acceptors (Lipinski definition) is 10. The van der Waals surface area contributed by atoms with Gasteiger partial charge in [-0.05, 0) is 6.92 Å². The first-order valence-electron chi connectivity index (χ1n) is 6.70. The van der Waals surface area contributed by atoms with Crippen LogP contribution < -0.4 is 0 Å². The smallest absolute Gasteiger partial charge is 0.195 e. The molecule has 1 unspecified atom stereocenters. The van der Waals surface area contributed by atoms with Gasteiger partial charge in [-0.15, -0.1) is 0 Å². The summed E-state index contributed by atoms with van der Waals surface area (Å²) in [5.41, 5.74) is 0. The van der Waals surface area contributed by atoms with E-state index < -0.39 is 67.3 Å². The van der Waals surface area contributed by atoms with Gasteiger partial charge < -0.3 is 45.6 Å². The maximum atomic E-state index is 12.0. The molecule has 0 aromatic heterocycles. The van der Waals surface area contributed by atoms with Gasteiger partial charge >= 0.3 is 0 Å². The van der Waals surface area contributed by atoms with Gasteiger partial charge in [0.2, 0.25) is 0 Å². The summed E-state index contributed by atoms with van der Waals surface area (Å²) in [6, 6.07) is 0. The van der Waals surface area contributed by atoms with Crippen LogP contribution in [0.2, 0.25) is 0 Å². The molecule has 0 spiro atoms. The average molecular weight is 326 g/mol. The van der Waals surface area contributed by atoms with E-state index in [1.165, 1.54) is 0 Å². The van der Waals surface area contributed by atoms with E-state index in [2.05, 4.69) is 0 Å². The van der Waals surface area contributed by atoms with Crippen LogP contribution in [0.3, 0.4) is 0 Å². The molecule has 130 valence electrons.